The molecule has 1 amide bonds. The number of hydrogen-bond acceptors (Lipinski definition) is 6. The fraction of sp³-hybridized carbons (Fsp3) is 0.158. The number of aromatic nitrogens is 2. The molecule has 1 aromatic heterocycles. The van der Waals surface area contributed by atoms with Crippen molar-refractivity contribution < 1.29 is 19.1 Å². The lowest BCUT2D eigenvalue weighted by Crippen LogP contribution is -2.30. The largest absolute Gasteiger partial charge is 0.495 e. The van der Waals surface area contributed by atoms with Crippen molar-refractivity contribution in [2.75, 3.05) is 12.4 Å². The predicted molar refractivity (Wildman–Crippen MR) is 96.0 cm³/mol. The number of fused-ring (bicyclic) bond motifs is 1. The fourth-order valence-corrected chi connectivity index (χ4v) is 2.31. The lowest BCUT2D eigenvalue weighted by atomic mass is 10.2. The SMILES string of the molecule is COc1ccccc1NC(=O)C(C)OC(=O)c1cnc2ccccc2n1. The van der Waals surface area contributed by atoms with Crippen LogP contribution < -0.4 is 10.1 Å². The van der Waals surface area contributed by atoms with E-state index < -0.39 is 18.0 Å². The molecule has 26 heavy (non-hydrogen) atoms. The first-order valence-electron chi connectivity index (χ1n) is 7.95. The standard InChI is InChI=1S/C19H17N3O4/c1-12(18(23)22-15-9-5-6-10-17(15)25-2)26-19(24)16-11-20-13-7-3-4-8-14(13)21-16/h3-12H,1-2H3,(H,22,23). The van der Waals surface area contributed by atoms with Gasteiger partial charge in [-0.15, -0.1) is 0 Å². The smallest absolute Gasteiger partial charge is 0.359 e. The molecule has 0 fully saturated rings. The van der Waals surface area contributed by atoms with Gasteiger partial charge in [-0.05, 0) is 31.2 Å². The molecule has 0 radical (unpaired) electrons. The maximum absolute atomic E-state index is 12.3. The average molecular weight is 351 g/mol. The highest BCUT2D eigenvalue weighted by atomic mass is 16.5. The number of rotatable bonds is 5. The van der Waals surface area contributed by atoms with Crippen LogP contribution in [0.15, 0.2) is 54.7 Å². The summed E-state index contributed by atoms with van der Waals surface area (Å²) >= 11 is 0. The summed E-state index contributed by atoms with van der Waals surface area (Å²) in [6.07, 6.45) is 0.316. The van der Waals surface area contributed by atoms with Gasteiger partial charge in [0.2, 0.25) is 0 Å². The summed E-state index contributed by atoms with van der Waals surface area (Å²) in [5, 5.41) is 2.67. The van der Waals surface area contributed by atoms with E-state index in [0.717, 1.165) is 0 Å². The van der Waals surface area contributed by atoms with Crippen molar-refractivity contribution in [2.45, 2.75) is 13.0 Å². The highest BCUT2D eigenvalue weighted by Crippen LogP contribution is 2.23. The molecule has 3 aromatic rings. The van der Waals surface area contributed by atoms with Gasteiger partial charge in [0, 0.05) is 0 Å². The first kappa shape index (κ1) is 17.3. The van der Waals surface area contributed by atoms with Crippen molar-refractivity contribution in [1.82, 2.24) is 9.97 Å². The number of methoxy groups -OCH3 is 1. The van der Waals surface area contributed by atoms with Crippen LogP contribution in [-0.2, 0) is 9.53 Å². The van der Waals surface area contributed by atoms with Crippen LogP contribution in [0.1, 0.15) is 17.4 Å². The third-order valence-corrected chi connectivity index (χ3v) is 3.68. The molecule has 0 aliphatic heterocycles. The average Bonchev–Trinajstić information content (AvgIpc) is 2.67. The van der Waals surface area contributed by atoms with Gasteiger partial charge in [0.05, 0.1) is 30.0 Å². The van der Waals surface area contributed by atoms with E-state index in [-0.39, 0.29) is 5.69 Å². The number of ether oxygens (including phenoxy) is 2. The molecule has 0 spiro atoms. The van der Waals surface area contributed by atoms with Crippen LogP contribution >= 0.6 is 0 Å². The van der Waals surface area contributed by atoms with Crippen LogP contribution in [0, 0.1) is 0 Å². The van der Waals surface area contributed by atoms with Crippen molar-refractivity contribution in [2.24, 2.45) is 0 Å². The van der Waals surface area contributed by atoms with Crippen molar-refractivity contribution in [3.63, 3.8) is 0 Å². The van der Waals surface area contributed by atoms with Gasteiger partial charge in [0.25, 0.3) is 5.91 Å². The Morgan fingerprint density at radius 3 is 2.50 bits per heavy atom. The normalized spacial score (nSPS) is 11.6. The summed E-state index contributed by atoms with van der Waals surface area (Å²) in [7, 11) is 1.51. The van der Waals surface area contributed by atoms with Crippen molar-refractivity contribution in [1.29, 1.82) is 0 Å². The number of anilines is 1. The Morgan fingerprint density at radius 2 is 1.73 bits per heavy atom. The van der Waals surface area contributed by atoms with Crippen LogP contribution in [0.25, 0.3) is 11.0 Å². The molecule has 0 saturated heterocycles. The van der Waals surface area contributed by atoms with E-state index in [1.54, 1.807) is 42.5 Å². The zero-order valence-corrected chi connectivity index (χ0v) is 14.3. The van der Waals surface area contributed by atoms with Crippen molar-refractivity contribution >= 4 is 28.6 Å². The van der Waals surface area contributed by atoms with Crippen LogP contribution in [0.4, 0.5) is 5.69 Å². The van der Waals surface area contributed by atoms with Gasteiger partial charge in [-0.25, -0.2) is 9.78 Å². The Kier molecular flexibility index (Phi) is 5.07. The Bertz CT molecular complexity index is 958. The van der Waals surface area contributed by atoms with Crippen LogP contribution in [0.2, 0.25) is 0 Å². The quantitative estimate of drug-likeness (QED) is 0.711. The Labute approximate surface area is 150 Å². The molecule has 1 N–H and O–H groups in total. The number of hydrogen-bond donors (Lipinski definition) is 1. The summed E-state index contributed by atoms with van der Waals surface area (Å²) in [4.78, 5) is 32.9. The number of carbonyl (C=O) groups excluding carboxylic acids is 2. The van der Waals surface area contributed by atoms with E-state index in [1.165, 1.54) is 20.2 Å². The van der Waals surface area contributed by atoms with Gasteiger partial charge in [-0.1, -0.05) is 24.3 Å². The number of amides is 1. The summed E-state index contributed by atoms with van der Waals surface area (Å²) < 4.78 is 10.4. The lowest BCUT2D eigenvalue weighted by molar-refractivity contribution is -0.123. The molecular formula is C19H17N3O4. The molecule has 3 rings (SSSR count). The number of para-hydroxylation sites is 4. The minimum Gasteiger partial charge on any atom is -0.495 e. The maximum Gasteiger partial charge on any atom is 0.359 e. The molecule has 0 saturated carbocycles. The van der Waals surface area contributed by atoms with Gasteiger partial charge in [-0.3, -0.25) is 9.78 Å². The number of esters is 1. The zero-order chi connectivity index (χ0) is 18.5. The lowest BCUT2D eigenvalue weighted by Gasteiger charge is -2.15. The fourth-order valence-electron chi connectivity index (χ4n) is 2.31. The second-order valence-electron chi connectivity index (χ2n) is 5.48. The molecular weight excluding hydrogens is 334 g/mol. The van der Waals surface area contributed by atoms with Gasteiger partial charge in [0.15, 0.2) is 11.8 Å². The Morgan fingerprint density at radius 1 is 1.04 bits per heavy atom. The van der Waals surface area contributed by atoms with E-state index in [0.29, 0.717) is 22.5 Å². The molecule has 132 valence electrons. The molecule has 7 heteroatoms. The van der Waals surface area contributed by atoms with E-state index in [2.05, 4.69) is 15.3 Å². The number of nitrogens with zero attached hydrogens (tertiary/aromatic N) is 2. The third-order valence-electron chi connectivity index (χ3n) is 3.68. The first-order valence-corrected chi connectivity index (χ1v) is 7.95. The van der Waals surface area contributed by atoms with Crippen LogP contribution in [0.5, 0.6) is 5.75 Å². The van der Waals surface area contributed by atoms with E-state index in [9.17, 15) is 9.59 Å². The molecule has 7 nitrogen and oxygen atoms in total. The highest BCUT2D eigenvalue weighted by Gasteiger charge is 2.21. The maximum atomic E-state index is 12.3. The number of benzene rings is 2. The zero-order valence-electron chi connectivity index (χ0n) is 14.3. The molecule has 0 bridgehead atoms. The van der Waals surface area contributed by atoms with Crippen molar-refractivity contribution in [3.05, 3.63) is 60.4 Å². The van der Waals surface area contributed by atoms with Gasteiger partial charge in [-0.2, -0.15) is 0 Å². The monoisotopic (exact) mass is 351 g/mol. The summed E-state index contributed by atoms with van der Waals surface area (Å²) in [6.45, 7) is 1.48. The third kappa shape index (κ3) is 3.77. The topological polar surface area (TPSA) is 90.4 Å². The van der Waals surface area contributed by atoms with Crippen molar-refractivity contribution in [3.8, 4) is 5.75 Å². The molecule has 2 aromatic carbocycles. The Balaban J connectivity index is 1.68. The number of carbonyl (C=O) groups is 2. The summed E-state index contributed by atoms with van der Waals surface area (Å²) in [6, 6.07) is 14.1. The number of nitrogens with one attached hydrogen (secondary N) is 1. The minimum absolute atomic E-state index is 0.0423. The minimum atomic E-state index is -1.01. The molecule has 0 aliphatic carbocycles. The molecule has 0 aliphatic rings. The summed E-state index contributed by atoms with van der Waals surface area (Å²) in [5.74, 6) is -0.678. The van der Waals surface area contributed by atoms with Gasteiger partial charge < -0.3 is 14.8 Å². The first-order chi connectivity index (χ1) is 12.6. The van der Waals surface area contributed by atoms with E-state index >= 15 is 0 Å². The molecule has 1 atom stereocenters. The second-order valence-corrected chi connectivity index (χ2v) is 5.48. The van der Waals surface area contributed by atoms with Crippen LogP contribution in [-0.4, -0.2) is 35.1 Å². The van der Waals surface area contributed by atoms with Gasteiger partial charge >= 0.3 is 5.97 Å². The Hall–Kier alpha value is -3.48. The van der Waals surface area contributed by atoms with Gasteiger partial charge in [0.1, 0.15) is 5.75 Å². The summed E-state index contributed by atoms with van der Waals surface area (Å²) in [5.41, 5.74) is 1.79. The molecule has 1 unspecified atom stereocenters. The van der Waals surface area contributed by atoms with E-state index in [1.807, 2.05) is 6.07 Å². The van der Waals surface area contributed by atoms with E-state index in [4.69, 9.17) is 9.47 Å². The molecule has 1 heterocycles. The highest BCUT2D eigenvalue weighted by molar-refractivity contribution is 5.98. The van der Waals surface area contributed by atoms with Crippen LogP contribution in [0.3, 0.4) is 0 Å². The predicted octanol–water partition coefficient (Wildman–Crippen LogP) is 2.82. The second kappa shape index (κ2) is 7.60.